The first kappa shape index (κ1) is 13.1. The predicted molar refractivity (Wildman–Crippen MR) is 77.5 cm³/mol. The van der Waals surface area contributed by atoms with Crippen LogP contribution in [-0.4, -0.2) is 0 Å². The maximum absolute atomic E-state index is 13.3. The average molecular weight is 271 g/mol. The summed E-state index contributed by atoms with van der Waals surface area (Å²) in [6.07, 6.45) is 3.47. The zero-order chi connectivity index (χ0) is 14.1. The van der Waals surface area contributed by atoms with E-state index in [0.29, 0.717) is 11.3 Å². The number of benzene rings is 2. The fraction of sp³-hybridized carbons (Fsp3) is 0.294. The Morgan fingerprint density at radius 3 is 2.70 bits per heavy atom. The van der Waals surface area contributed by atoms with E-state index < -0.39 is 0 Å². The van der Waals surface area contributed by atoms with Gasteiger partial charge in [-0.25, -0.2) is 4.39 Å². The van der Waals surface area contributed by atoms with Crippen LogP contribution in [0.25, 0.3) is 0 Å². The van der Waals surface area contributed by atoms with Gasteiger partial charge in [0.2, 0.25) is 0 Å². The zero-order valence-corrected chi connectivity index (χ0v) is 11.5. The van der Waals surface area contributed by atoms with Crippen LogP contribution in [0.2, 0.25) is 0 Å². The van der Waals surface area contributed by atoms with Crippen molar-refractivity contribution < 1.29 is 9.13 Å². The molecule has 0 fully saturated rings. The van der Waals surface area contributed by atoms with Crippen LogP contribution in [0.3, 0.4) is 0 Å². The van der Waals surface area contributed by atoms with Crippen molar-refractivity contribution in [3.63, 3.8) is 0 Å². The highest BCUT2D eigenvalue weighted by atomic mass is 19.1. The first-order valence-electron chi connectivity index (χ1n) is 6.98. The molecule has 1 unspecified atom stereocenters. The molecule has 0 saturated carbocycles. The second-order valence-electron chi connectivity index (χ2n) is 5.36. The summed E-state index contributed by atoms with van der Waals surface area (Å²) in [6, 6.07) is 10.4. The lowest BCUT2D eigenvalue weighted by Crippen LogP contribution is -2.07. The van der Waals surface area contributed by atoms with Gasteiger partial charge in [-0.15, -0.1) is 0 Å². The van der Waals surface area contributed by atoms with Crippen LogP contribution in [-0.2, 0) is 12.8 Å². The number of halogens is 1. The van der Waals surface area contributed by atoms with E-state index in [-0.39, 0.29) is 11.9 Å². The molecule has 0 aromatic heterocycles. The van der Waals surface area contributed by atoms with E-state index in [4.69, 9.17) is 10.5 Å². The molecular weight excluding hydrogens is 253 g/mol. The number of hydrogen-bond donors (Lipinski definition) is 1. The molecule has 1 aliphatic carbocycles. The van der Waals surface area contributed by atoms with Crippen molar-refractivity contribution in [1.82, 2.24) is 0 Å². The van der Waals surface area contributed by atoms with Crippen LogP contribution in [0.5, 0.6) is 11.5 Å². The molecule has 0 aliphatic heterocycles. The molecule has 0 bridgehead atoms. The molecule has 104 valence electrons. The number of fused-ring (bicyclic) bond motifs is 1. The number of ether oxygens (including phenoxy) is 1. The van der Waals surface area contributed by atoms with Gasteiger partial charge >= 0.3 is 0 Å². The third-order valence-electron chi connectivity index (χ3n) is 3.76. The lowest BCUT2D eigenvalue weighted by molar-refractivity contribution is 0.468. The molecule has 3 rings (SSSR count). The van der Waals surface area contributed by atoms with Crippen LogP contribution in [0, 0.1) is 5.82 Å². The van der Waals surface area contributed by atoms with Gasteiger partial charge in [-0.3, -0.25) is 0 Å². The Labute approximate surface area is 118 Å². The van der Waals surface area contributed by atoms with Gasteiger partial charge in [0, 0.05) is 11.6 Å². The molecule has 1 atom stereocenters. The van der Waals surface area contributed by atoms with Gasteiger partial charge in [0.1, 0.15) is 17.3 Å². The Morgan fingerprint density at radius 2 is 1.90 bits per heavy atom. The molecule has 3 heteroatoms. The van der Waals surface area contributed by atoms with Crippen LogP contribution in [0.4, 0.5) is 4.39 Å². The number of nitrogens with two attached hydrogens (primary N) is 1. The van der Waals surface area contributed by atoms with E-state index in [1.807, 2.05) is 13.0 Å². The van der Waals surface area contributed by atoms with E-state index in [1.54, 1.807) is 6.07 Å². The van der Waals surface area contributed by atoms with Crippen LogP contribution in [0.15, 0.2) is 36.4 Å². The van der Waals surface area contributed by atoms with E-state index >= 15 is 0 Å². The normalized spacial score (nSPS) is 14.9. The van der Waals surface area contributed by atoms with E-state index in [0.717, 1.165) is 18.6 Å². The largest absolute Gasteiger partial charge is 0.457 e. The Kier molecular flexibility index (Phi) is 3.45. The summed E-state index contributed by atoms with van der Waals surface area (Å²) in [4.78, 5) is 0. The van der Waals surface area contributed by atoms with Crippen molar-refractivity contribution in [1.29, 1.82) is 0 Å². The third-order valence-corrected chi connectivity index (χ3v) is 3.76. The fourth-order valence-corrected chi connectivity index (χ4v) is 2.71. The molecule has 20 heavy (non-hydrogen) atoms. The summed E-state index contributed by atoms with van der Waals surface area (Å²) in [7, 11) is 0. The van der Waals surface area contributed by atoms with Crippen LogP contribution in [0.1, 0.15) is 36.1 Å². The molecule has 1 aliphatic rings. The summed E-state index contributed by atoms with van der Waals surface area (Å²) in [6.45, 7) is 1.82. The maximum atomic E-state index is 13.3. The van der Waals surface area contributed by atoms with Crippen molar-refractivity contribution in [3.05, 3.63) is 58.9 Å². The second-order valence-corrected chi connectivity index (χ2v) is 5.36. The topological polar surface area (TPSA) is 35.2 Å². The summed E-state index contributed by atoms with van der Waals surface area (Å²) >= 11 is 0. The van der Waals surface area contributed by atoms with E-state index in [1.165, 1.54) is 29.7 Å². The van der Waals surface area contributed by atoms with Crippen molar-refractivity contribution in [2.24, 2.45) is 5.73 Å². The number of rotatable bonds is 3. The Morgan fingerprint density at radius 1 is 1.10 bits per heavy atom. The standard InChI is InChI=1S/C17H18FNO/c1-11(19)16-10-14(18)6-8-17(16)20-15-7-5-12-3-2-4-13(12)9-15/h5-11H,2-4,19H2,1H3. The summed E-state index contributed by atoms with van der Waals surface area (Å²) in [5.74, 6) is 1.12. The highest BCUT2D eigenvalue weighted by Crippen LogP contribution is 2.32. The summed E-state index contributed by atoms with van der Waals surface area (Å²) in [5.41, 5.74) is 9.33. The van der Waals surface area contributed by atoms with Gasteiger partial charge in [0.05, 0.1) is 0 Å². The molecule has 0 heterocycles. The lowest BCUT2D eigenvalue weighted by Gasteiger charge is -2.14. The minimum absolute atomic E-state index is 0.268. The fourth-order valence-electron chi connectivity index (χ4n) is 2.71. The summed E-state index contributed by atoms with van der Waals surface area (Å²) in [5, 5.41) is 0. The van der Waals surface area contributed by atoms with E-state index in [2.05, 4.69) is 12.1 Å². The van der Waals surface area contributed by atoms with Crippen molar-refractivity contribution in [2.75, 3.05) is 0 Å². The number of hydrogen-bond acceptors (Lipinski definition) is 2. The minimum Gasteiger partial charge on any atom is -0.457 e. The average Bonchev–Trinajstić information content (AvgIpc) is 2.88. The van der Waals surface area contributed by atoms with Crippen LogP contribution < -0.4 is 10.5 Å². The Hall–Kier alpha value is -1.87. The van der Waals surface area contributed by atoms with Crippen molar-refractivity contribution in [2.45, 2.75) is 32.2 Å². The molecule has 2 N–H and O–H groups in total. The van der Waals surface area contributed by atoms with Crippen molar-refractivity contribution in [3.8, 4) is 11.5 Å². The Balaban J connectivity index is 1.91. The van der Waals surface area contributed by atoms with Crippen LogP contribution >= 0.6 is 0 Å². The smallest absolute Gasteiger partial charge is 0.132 e. The zero-order valence-electron chi connectivity index (χ0n) is 11.5. The highest BCUT2D eigenvalue weighted by molar-refractivity contribution is 5.43. The SMILES string of the molecule is CC(N)c1cc(F)ccc1Oc1ccc2c(c1)CCC2. The number of aryl methyl sites for hydroxylation is 2. The highest BCUT2D eigenvalue weighted by Gasteiger charge is 2.14. The molecule has 2 nitrogen and oxygen atoms in total. The molecule has 0 saturated heterocycles. The molecule has 0 spiro atoms. The second kappa shape index (κ2) is 5.25. The first-order chi connectivity index (χ1) is 9.63. The predicted octanol–water partition coefficient (Wildman–Crippen LogP) is 4.13. The van der Waals surface area contributed by atoms with E-state index in [9.17, 15) is 4.39 Å². The lowest BCUT2D eigenvalue weighted by atomic mass is 10.1. The van der Waals surface area contributed by atoms with Crippen molar-refractivity contribution >= 4 is 0 Å². The third kappa shape index (κ3) is 2.54. The molecular formula is C17H18FNO. The quantitative estimate of drug-likeness (QED) is 0.911. The molecule has 0 radical (unpaired) electrons. The molecule has 2 aromatic rings. The van der Waals surface area contributed by atoms with Gasteiger partial charge in [0.15, 0.2) is 0 Å². The molecule has 2 aromatic carbocycles. The summed E-state index contributed by atoms with van der Waals surface area (Å²) < 4.78 is 19.2. The Bertz CT molecular complexity index is 637. The van der Waals surface area contributed by atoms with Gasteiger partial charge in [0.25, 0.3) is 0 Å². The molecule has 0 amide bonds. The monoisotopic (exact) mass is 271 g/mol. The van der Waals surface area contributed by atoms with Gasteiger partial charge in [-0.1, -0.05) is 6.07 Å². The van der Waals surface area contributed by atoms with Gasteiger partial charge in [-0.2, -0.15) is 0 Å². The maximum Gasteiger partial charge on any atom is 0.132 e. The first-order valence-corrected chi connectivity index (χ1v) is 6.98. The van der Waals surface area contributed by atoms with Gasteiger partial charge in [-0.05, 0) is 67.6 Å². The van der Waals surface area contributed by atoms with Gasteiger partial charge < -0.3 is 10.5 Å². The minimum atomic E-state index is -0.293.